The molecule has 4 nitrogen and oxygen atoms in total. The van der Waals surface area contributed by atoms with Crippen molar-refractivity contribution in [2.75, 3.05) is 19.6 Å². The molecule has 1 aromatic carbocycles. The molecule has 19 heavy (non-hydrogen) atoms. The lowest BCUT2D eigenvalue weighted by atomic mass is 9.93. The molecule has 0 spiro atoms. The number of carbonyl (C=O) groups is 1. The lowest BCUT2D eigenvalue weighted by Crippen LogP contribution is -2.42. The van der Waals surface area contributed by atoms with Crippen LogP contribution >= 0.6 is 11.6 Å². The minimum atomic E-state index is -0.193. The zero-order valence-electron chi connectivity index (χ0n) is 10.9. The quantitative estimate of drug-likeness (QED) is 0.879. The fourth-order valence-electron chi connectivity index (χ4n) is 2.71. The van der Waals surface area contributed by atoms with E-state index in [9.17, 15) is 4.79 Å². The van der Waals surface area contributed by atoms with E-state index in [-0.39, 0.29) is 17.9 Å². The van der Waals surface area contributed by atoms with Gasteiger partial charge in [0, 0.05) is 23.5 Å². The second-order valence-electron chi connectivity index (χ2n) is 4.99. The molecule has 0 bridgehead atoms. The summed E-state index contributed by atoms with van der Waals surface area (Å²) in [6.07, 6.45) is 1.60. The molecule has 0 saturated carbocycles. The first-order valence-corrected chi connectivity index (χ1v) is 6.99. The van der Waals surface area contributed by atoms with Crippen LogP contribution in [0.2, 0.25) is 5.02 Å². The molecule has 1 fully saturated rings. The third-order valence-corrected chi connectivity index (χ3v) is 4.20. The van der Waals surface area contributed by atoms with Crippen molar-refractivity contribution in [1.29, 1.82) is 0 Å². The third kappa shape index (κ3) is 3.26. The van der Waals surface area contributed by atoms with Crippen LogP contribution in [-0.2, 0) is 4.79 Å². The van der Waals surface area contributed by atoms with E-state index in [0.717, 1.165) is 36.5 Å². The molecule has 0 aliphatic carbocycles. The van der Waals surface area contributed by atoms with Crippen molar-refractivity contribution in [3.63, 3.8) is 0 Å². The minimum Gasteiger partial charge on any atom is -0.369 e. The van der Waals surface area contributed by atoms with Crippen LogP contribution < -0.4 is 11.5 Å². The first-order chi connectivity index (χ1) is 9.13. The number of rotatable bonds is 4. The first-order valence-electron chi connectivity index (χ1n) is 6.61. The summed E-state index contributed by atoms with van der Waals surface area (Å²) in [6.45, 7) is 2.19. The van der Waals surface area contributed by atoms with Gasteiger partial charge in [0.1, 0.15) is 0 Å². The number of likely N-dealkylation sites (tertiary alicyclic amines) is 1. The van der Waals surface area contributed by atoms with Crippen LogP contribution in [-0.4, -0.2) is 30.4 Å². The fourth-order valence-corrected chi connectivity index (χ4v) is 2.98. The maximum absolute atomic E-state index is 11.2. The van der Waals surface area contributed by atoms with E-state index in [4.69, 9.17) is 23.1 Å². The van der Waals surface area contributed by atoms with Gasteiger partial charge < -0.3 is 11.5 Å². The lowest BCUT2D eigenvalue weighted by molar-refractivity contribution is -0.123. The van der Waals surface area contributed by atoms with Crippen LogP contribution in [0.5, 0.6) is 0 Å². The van der Waals surface area contributed by atoms with E-state index in [1.165, 1.54) is 0 Å². The van der Waals surface area contributed by atoms with Crippen molar-refractivity contribution in [3.05, 3.63) is 34.9 Å². The molecule has 1 unspecified atom stereocenters. The van der Waals surface area contributed by atoms with Gasteiger partial charge in [-0.15, -0.1) is 0 Å². The van der Waals surface area contributed by atoms with Crippen molar-refractivity contribution >= 4 is 17.5 Å². The van der Waals surface area contributed by atoms with Gasteiger partial charge in [-0.3, -0.25) is 9.69 Å². The van der Waals surface area contributed by atoms with Gasteiger partial charge in [-0.25, -0.2) is 0 Å². The summed E-state index contributed by atoms with van der Waals surface area (Å²) in [5.74, 6) is -0.192. The zero-order chi connectivity index (χ0) is 13.8. The van der Waals surface area contributed by atoms with Gasteiger partial charge in [-0.1, -0.05) is 29.8 Å². The molecule has 1 aliphatic rings. The molecule has 2 rings (SSSR count). The van der Waals surface area contributed by atoms with Crippen LogP contribution in [0.4, 0.5) is 0 Å². The maximum atomic E-state index is 11.2. The second-order valence-corrected chi connectivity index (χ2v) is 5.39. The van der Waals surface area contributed by atoms with Crippen molar-refractivity contribution in [3.8, 4) is 0 Å². The Morgan fingerprint density at radius 3 is 2.53 bits per heavy atom. The van der Waals surface area contributed by atoms with Gasteiger partial charge in [-0.2, -0.15) is 0 Å². The van der Waals surface area contributed by atoms with E-state index in [1.54, 1.807) is 0 Å². The van der Waals surface area contributed by atoms with E-state index in [1.807, 2.05) is 24.3 Å². The highest BCUT2D eigenvalue weighted by Gasteiger charge is 2.28. The van der Waals surface area contributed by atoms with Crippen LogP contribution in [0.25, 0.3) is 0 Å². The number of hydrogen-bond donors (Lipinski definition) is 2. The van der Waals surface area contributed by atoms with E-state index < -0.39 is 0 Å². The van der Waals surface area contributed by atoms with Crippen molar-refractivity contribution < 1.29 is 4.79 Å². The molecule has 1 atom stereocenters. The van der Waals surface area contributed by atoms with Gasteiger partial charge >= 0.3 is 0 Å². The zero-order valence-corrected chi connectivity index (χ0v) is 11.6. The molecule has 1 saturated heterocycles. The minimum absolute atomic E-state index is 0.000852. The highest BCUT2D eigenvalue weighted by Crippen LogP contribution is 2.30. The lowest BCUT2D eigenvalue weighted by Gasteiger charge is -2.36. The summed E-state index contributed by atoms with van der Waals surface area (Å²) in [6, 6.07) is 7.90. The molecule has 0 radical (unpaired) electrons. The first kappa shape index (κ1) is 14.3. The summed E-state index contributed by atoms with van der Waals surface area (Å²) in [5.41, 5.74) is 12.3. The van der Waals surface area contributed by atoms with E-state index >= 15 is 0 Å². The van der Waals surface area contributed by atoms with Gasteiger partial charge in [-0.05, 0) is 37.6 Å². The Bertz CT molecular complexity index is 444. The van der Waals surface area contributed by atoms with Crippen molar-refractivity contribution in [1.82, 2.24) is 4.90 Å². The molecule has 5 heteroatoms. The highest BCUT2D eigenvalue weighted by atomic mass is 35.5. The number of nitrogens with zero attached hydrogens (tertiary/aromatic N) is 1. The molecule has 1 amide bonds. The summed E-state index contributed by atoms with van der Waals surface area (Å²) in [4.78, 5) is 13.5. The molecular weight excluding hydrogens is 262 g/mol. The van der Waals surface area contributed by atoms with Crippen LogP contribution in [0.3, 0.4) is 0 Å². The molecule has 4 N–H and O–H groups in total. The Kier molecular flexibility index (Phi) is 4.80. The highest BCUT2D eigenvalue weighted by molar-refractivity contribution is 6.31. The van der Waals surface area contributed by atoms with Crippen molar-refractivity contribution in [2.45, 2.75) is 18.9 Å². The Balaban J connectivity index is 2.08. The largest absolute Gasteiger partial charge is 0.369 e. The Labute approximate surface area is 118 Å². The number of halogens is 1. The molecule has 1 heterocycles. The predicted octanol–water partition coefficient (Wildman–Crippen LogP) is 1.54. The number of amides is 1. The second kappa shape index (κ2) is 6.37. The average Bonchev–Trinajstić information content (AvgIpc) is 2.42. The normalized spacial score (nSPS) is 19.3. The fraction of sp³-hybridized carbons (Fsp3) is 0.500. The Morgan fingerprint density at radius 2 is 2.00 bits per heavy atom. The number of hydrogen-bond acceptors (Lipinski definition) is 3. The number of primary amides is 1. The number of piperidine rings is 1. The van der Waals surface area contributed by atoms with Crippen LogP contribution in [0.1, 0.15) is 24.4 Å². The van der Waals surface area contributed by atoms with Gasteiger partial charge in [0.05, 0.1) is 0 Å². The molecule has 104 valence electrons. The third-order valence-electron chi connectivity index (χ3n) is 3.86. The standard InChI is InChI=1S/C14H20ClN3O/c15-12-4-2-1-3-11(12)13(9-16)18-7-5-10(6-8-18)14(17)19/h1-4,10,13H,5-9,16H2,(H2,17,19). The average molecular weight is 282 g/mol. The summed E-state index contributed by atoms with van der Waals surface area (Å²) in [7, 11) is 0. The Hall–Kier alpha value is -1.10. The Morgan fingerprint density at radius 1 is 1.37 bits per heavy atom. The summed E-state index contributed by atoms with van der Waals surface area (Å²) in [5, 5.41) is 0.745. The molecular formula is C14H20ClN3O. The number of carbonyl (C=O) groups excluding carboxylic acids is 1. The number of benzene rings is 1. The summed E-state index contributed by atoms with van der Waals surface area (Å²) < 4.78 is 0. The monoisotopic (exact) mass is 281 g/mol. The molecule has 1 aromatic rings. The topological polar surface area (TPSA) is 72.3 Å². The van der Waals surface area contributed by atoms with Crippen LogP contribution in [0, 0.1) is 5.92 Å². The SMILES string of the molecule is NCC(c1ccccc1Cl)N1CCC(C(N)=O)CC1. The van der Waals surface area contributed by atoms with Gasteiger partial charge in [0.25, 0.3) is 0 Å². The van der Waals surface area contributed by atoms with E-state index in [2.05, 4.69) is 4.90 Å². The smallest absolute Gasteiger partial charge is 0.220 e. The van der Waals surface area contributed by atoms with E-state index in [0.29, 0.717) is 6.54 Å². The molecule has 0 aromatic heterocycles. The summed E-state index contributed by atoms with van der Waals surface area (Å²) >= 11 is 6.24. The number of nitrogens with two attached hydrogens (primary N) is 2. The van der Waals surface area contributed by atoms with Gasteiger partial charge in [0.15, 0.2) is 0 Å². The molecule has 1 aliphatic heterocycles. The van der Waals surface area contributed by atoms with Gasteiger partial charge in [0.2, 0.25) is 5.91 Å². The predicted molar refractivity (Wildman–Crippen MR) is 76.7 cm³/mol. The maximum Gasteiger partial charge on any atom is 0.220 e. The van der Waals surface area contributed by atoms with Crippen LogP contribution in [0.15, 0.2) is 24.3 Å². The van der Waals surface area contributed by atoms with Crippen molar-refractivity contribution in [2.24, 2.45) is 17.4 Å².